The third-order valence-corrected chi connectivity index (χ3v) is 3.85. The second-order valence-electron chi connectivity index (χ2n) is 7.05. The highest BCUT2D eigenvalue weighted by molar-refractivity contribution is 5.96. The number of nitrogens with two attached hydrogens (primary N) is 1. The Balaban J connectivity index is 1.85. The van der Waals surface area contributed by atoms with Gasteiger partial charge in [-0.1, -0.05) is 0 Å². The van der Waals surface area contributed by atoms with Crippen LogP contribution in [0.15, 0.2) is 24.3 Å². The summed E-state index contributed by atoms with van der Waals surface area (Å²) in [6, 6.07) is 7.33. The number of rotatable bonds is 5. The highest BCUT2D eigenvalue weighted by atomic mass is 16.6. The number of ether oxygens (including phenoxy) is 2. The molecular formula is C18H28N4O4. The minimum Gasteiger partial charge on any atom is -0.491 e. The fourth-order valence-corrected chi connectivity index (χ4v) is 2.54. The van der Waals surface area contributed by atoms with Crippen molar-refractivity contribution in [3.63, 3.8) is 0 Å². The summed E-state index contributed by atoms with van der Waals surface area (Å²) in [5.41, 5.74) is 0.305. The average Bonchev–Trinajstić information content (AvgIpc) is 2.61. The second kappa shape index (κ2) is 8.86. The number of carbonyl (C=O) groups excluding carboxylic acids is 1. The molecule has 26 heavy (non-hydrogen) atoms. The van der Waals surface area contributed by atoms with Crippen molar-refractivity contribution in [3.05, 3.63) is 29.8 Å². The number of nitrogens with zero attached hydrogens (tertiary/aromatic N) is 2. The van der Waals surface area contributed by atoms with E-state index in [9.17, 15) is 4.79 Å². The van der Waals surface area contributed by atoms with E-state index in [1.54, 1.807) is 4.90 Å². The summed E-state index contributed by atoms with van der Waals surface area (Å²) in [6.45, 7) is 8.54. The van der Waals surface area contributed by atoms with Crippen molar-refractivity contribution in [3.8, 4) is 5.75 Å². The lowest BCUT2D eigenvalue weighted by Crippen LogP contribution is -2.51. The zero-order valence-electron chi connectivity index (χ0n) is 15.7. The normalized spacial score (nSPS) is 14.9. The monoisotopic (exact) mass is 364 g/mol. The van der Waals surface area contributed by atoms with Gasteiger partial charge in [0.05, 0.1) is 0 Å². The number of nitrogens with one attached hydrogen (secondary N) is 1. The molecule has 8 nitrogen and oxygen atoms in total. The Morgan fingerprint density at radius 2 is 1.65 bits per heavy atom. The molecule has 3 N–H and O–H groups in total. The quantitative estimate of drug-likeness (QED) is 0.358. The molecule has 0 spiro atoms. The van der Waals surface area contributed by atoms with E-state index in [-0.39, 0.29) is 6.09 Å². The van der Waals surface area contributed by atoms with Gasteiger partial charge >= 0.3 is 6.09 Å². The van der Waals surface area contributed by atoms with Crippen LogP contribution in [0.1, 0.15) is 26.3 Å². The molecule has 0 radical (unpaired) electrons. The van der Waals surface area contributed by atoms with E-state index in [0.717, 1.165) is 5.56 Å². The molecule has 1 amide bonds. The molecule has 144 valence electrons. The lowest BCUT2D eigenvalue weighted by Gasteiger charge is -2.36. The second-order valence-corrected chi connectivity index (χ2v) is 7.05. The molecule has 0 bridgehead atoms. The summed E-state index contributed by atoms with van der Waals surface area (Å²) in [5, 5.41) is 8.39. The Bertz CT molecular complexity index is 605. The summed E-state index contributed by atoms with van der Waals surface area (Å²) >= 11 is 0. The van der Waals surface area contributed by atoms with Gasteiger partial charge in [0.1, 0.15) is 30.4 Å². The van der Waals surface area contributed by atoms with Crippen LogP contribution in [0.5, 0.6) is 5.75 Å². The van der Waals surface area contributed by atoms with Gasteiger partial charge in [-0.15, -0.1) is 0 Å². The Hall–Kier alpha value is -2.32. The summed E-state index contributed by atoms with van der Waals surface area (Å²) < 4.78 is 10.9. The molecule has 1 aromatic rings. The molecule has 1 fully saturated rings. The zero-order valence-corrected chi connectivity index (χ0v) is 15.7. The molecule has 1 aromatic carbocycles. The van der Waals surface area contributed by atoms with Gasteiger partial charge in [0.15, 0.2) is 0 Å². The van der Waals surface area contributed by atoms with Crippen molar-refractivity contribution in [2.75, 3.05) is 39.4 Å². The lowest BCUT2D eigenvalue weighted by molar-refractivity contribution is 0.0187. The molecule has 0 unspecified atom stereocenters. The van der Waals surface area contributed by atoms with E-state index < -0.39 is 5.60 Å². The van der Waals surface area contributed by atoms with E-state index in [2.05, 4.69) is 4.84 Å². The predicted octanol–water partition coefficient (Wildman–Crippen LogP) is 1.83. The molecule has 1 aliphatic heterocycles. The van der Waals surface area contributed by atoms with E-state index in [4.69, 9.17) is 20.8 Å². The van der Waals surface area contributed by atoms with Crippen LogP contribution in [0.25, 0.3) is 0 Å². The average molecular weight is 364 g/mol. The number of amides is 1. The van der Waals surface area contributed by atoms with E-state index in [1.165, 1.54) is 0 Å². The first-order chi connectivity index (χ1) is 12.3. The van der Waals surface area contributed by atoms with Crippen molar-refractivity contribution in [2.45, 2.75) is 26.4 Å². The van der Waals surface area contributed by atoms with Gasteiger partial charge in [0, 0.05) is 31.7 Å². The molecule has 0 aromatic heterocycles. The molecule has 1 saturated heterocycles. The van der Waals surface area contributed by atoms with Crippen LogP contribution >= 0.6 is 0 Å². The van der Waals surface area contributed by atoms with Gasteiger partial charge in [0.2, 0.25) is 0 Å². The Labute approximate surface area is 154 Å². The third kappa shape index (κ3) is 5.89. The number of hydrogen-bond acceptors (Lipinski definition) is 6. The molecule has 0 saturated carbocycles. The molecule has 8 heteroatoms. The van der Waals surface area contributed by atoms with Gasteiger partial charge in [-0.2, -0.15) is 0 Å². The van der Waals surface area contributed by atoms with Gasteiger partial charge in [0.25, 0.3) is 0 Å². The summed E-state index contributed by atoms with van der Waals surface area (Å²) in [6.07, 6.45) is -0.299. The van der Waals surface area contributed by atoms with Crippen LogP contribution in [0.4, 0.5) is 4.79 Å². The van der Waals surface area contributed by atoms with E-state index in [0.29, 0.717) is 51.0 Å². The smallest absolute Gasteiger partial charge is 0.410 e. The SMILES string of the molecule is CC(C)(C)OC(=O)N1CCN(C(=N)c2ccc(OCCON)cc2)CC1. The largest absolute Gasteiger partial charge is 0.491 e. The first kappa shape index (κ1) is 20.0. The molecule has 2 rings (SSSR count). The highest BCUT2D eigenvalue weighted by Gasteiger charge is 2.26. The molecule has 1 heterocycles. The van der Waals surface area contributed by atoms with E-state index in [1.807, 2.05) is 49.9 Å². The minimum atomic E-state index is -0.499. The van der Waals surface area contributed by atoms with Gasteiger partial charge in [-0.3, -0.25) is 5.41 Å². The van der Waals surface area contributed by atoms with Crippen LogP contribution < -0.4 is 10.6 Å². The maximum atomic E-state index is 12.1. The van der Waals surface area contributed by atoms with Crippen LogP contribution in [0.3, 0.4) is 0 Å². The number of hydrogen-bond donors (Lipinski definition) is 2. The number of carbonyl (C=O) groups is 1. The number of benzene rings is 1. The number of amidine groups is 1. The molecular weight excluding hydrogens is 336 g/mol. The van der Waals surface area contributed by atoms with Gasteiger partial charge in [-0.05, 0) is 45.0 Å². The van der Waals surface area contributed by atoms with Crippen molar-refractivity contribution in [2.24, 2.45) is 5.90 Å². The van der Waals surface area contributed by atoms with Gasteiger partial charge in [-0.25, -0.2) is 10.7 Å². The van der Waals surface area contributed by atoms with E-state index >= 15 is 0 Å². The van der Waals surface area contributed by atoms with Gasteiger partial charge < -0.3 is 24.1 Å². The first-order valence-electron chi connectivity index (χ1n) is 8.66. The van der Waals surface area contributed by atoms with Crippen molar-refractivity contribution in [1.82, 2.24) is 9.80 Å². The zero-order chi connectivity index (χ0) is 19.2. The predicted molar refractivity (Wildman–Crippen MR) is 98.3 cm³/mol. The first-order valence-corrected chi connectivity index (χ1v) is 8.66. The van der Waals surface area contributed by atoms with Crippen LogP contribution in [-0.4, -0.2) is 66.7 Å². The van der Waals surface area contributed by atoms with Crippen LogP contribution in [0.2, 0.25) is 0 Å². The Morgan fingerprint density at radius 1 is 1.08 bits per heavy atom. The summed E-state index contributed by atoms with van der Waals surface area (Å²) in [5.74, 6) is 6.09. The van der Waals surface area contributed by atoms with Crippen LogP contribution in [0, 0.1) is 5.41 Å². The molecule has 1 aliphatic rings. The Morgan fingerprint density at radius 3 is 2.19 bits per heavy atom. The summed E-state index contributed by atoms with van der Waals surface area (Å²) in [7, 11) is 0. The van der Waals surface area contributed by atoms with Crippen molar-refractivity contribution in [1.29, 1.82) is 5.41 Å². The van der Waals surface area contributed by atoms with Crippen LogP contribution in [-0.2, 0) is 9.57 Å². The van der Waals surface area contributed by atoms with Crippen molar-refractivity contribution < 1.29 is 19.1 Å². The number of piperazine rings is 1. The Kier molecular flexibility index (Phi) is 6.82. The third-order valence-electron chi connectivity index (χ3n) is 3.85. The lowest BCUT2D eigenvalue weighted by atomic mass is 10.1. The fraction of sp³-hybridized carbons (Fsp3) is 0.556. The standard InChI is InChI=1S/C18H28N4O4/c1-18(2,3)26-17(23)22-10-8-21(9-11-22)16(19)14-4-6-15(7-5-14)24-12-13-25-20/h4-7,19H,8-13,20H2,1-3H3. The maximum Gasteiger partial charge on any atom is 0.410 e. The fourth-order valence-electron chi connectivity index (χ4n) is 2.54. The van der Waals surface area contributed by atoms with Crippen molar-refractivity contribution >= 4 is 11.9 Å². The molecule has 0 atom stereocenters. The minimum absolute atomic E-state index is 0.299. The maximum absolute atomic E-state index is 12.1. The summed E-state index contributed by atoms with van der Waals surface area (Å²) in [4.78, 5) is 20.2. The topological polar surface area (TPSA) is 101 Å². The highest BCUT2D eigenvalue weighted by Crippen LogP contribution is 2.16. The molecule has 0 aliphatic carbocycles.